The second-order valence-electron chi connectivity index (χ2n) is 5.21. The monoisotopic (exact) mass is 343 g/mol. The number of benzene rings is 2. The molecule has 2 aromatic carbocycles. The van der Waals surface area contributed by atoms with E-state index in [4.69, 9.17) is 23.2 Å². The van der Waals surface area contributed by atoms with Crippen LogP contribution in [0.2, 0.25) is 10.0 Å². The molecule has 0 aliphatic carbocycles. The number of nitrogens with zero attached hydrogens (tertiary/aromatic N) is 4. The first kappa shape index (κ1) is 14.2. The van der Waals surface area contributed by atoms with Gasteiger partial charge in [-0.25, -0.2) is 4.68 Å². The lowest BCUT2D eigenvalue weighted by atomic mass is 10.1. The van der Waals surface area contributed by atoms with E-state index in [2.05, 4.69) is 20.5 Å². The first-order chi connectivity index (χ1) is 11.2. The Hall–Kier alpha value is -2.37. The number of hydrogen-bond donors (Lipinski definition) is 1. The third kappa shape index (κ3) is 2.81. The number of nitrogens with one attached hydrogen (secondary N) is 1. The first-order valence-electron chi connectivity index (χ1n) is 6.96. The van der Waals surface area contributed by atoms with Gasteiger partial charge in [0.15, 0.2) is 0 Å². The average molecular weight is 344 g/mol. The van der Waals surface area contributed by atoms with Gasteiger partial charge in [-0.15, -0.1) is 5.10 Å². The third-order valence-electron chi connectivity index (χ3n) is 3.61. The maximum absolute atomic E-state index is 6.19. The molecule has 0 bridgehead atoms. The molecule has 0 saturated carbocycles. The Labute approximate surface area is 141 Å². The van der Waals surface area contributed by atoms with E-state index in [0.29, 0.717) is 16.6 Å². The highest BCUT2D eigenvalue weighted by atomic mass is 35.5. The quantitative estimate of drug-likeness (QED) is 0.607. The molecule has 0 radical (unpaired) electrons. The zero-order valence-corrected chi connectivity index (χ0v) is 13.4. The maximum Gasteiger partial charge on any atom is 0.113 e. The van der Waals surface area contributed by atoms with E-state index in [-0.39, 0.29) is 0 Å². The molecule has 0 spiro atoms. The second-order valence-corrected chi connectivity index (χ2v) is 6.05. The highest BCUT2D eigenvalue weighted by molar-refractivity contribution is 6.33. The zero-order chi connectivity index (χ0) is 15.8. The summed E-state index contributed by atoms with van der Waals surface area (Å²) in [5.41, 5.74) is 3.68. The van der Waals surface area contributed by atoms with Crippen LogP contribution in [-0.4, -0.2) is 25.2 Å². The van der Waals surface area contributed by atoms with Crippen molar-refractivity contribution in [2.75, 3.05) is 0 Å². The van der Waals surface area contributed by atoms with Crippen LogP contribution in [0.5, 0.6) is 0 Å². The summed E-state index contributed by atoms with van der Waals surface area (Å²) < 4.78 is 1.74. The molecule has 23 heavy (non-hydrogen) atoms. The van der Waals surface area contributed by atoms with Crippen molar-refractivity contribution in [2.24, 2.45) is 0 Å². The first-order valence-corrected chi connectivity index (χ1v) is 7.72. The van der Waals surface area contributed by atoms with Gasteiger partial charge in [-0.1, -0.05) is 34.5 Å². The lowest BCUT2D eigenvalue weighted by Crippen LogP contribution is -2.01. The van der Waals surface area contributed by atoms with Crippen LogP contribution >= 0.6 is 23.2 Å². The van der Waals surface area contributed by atoms with Gasteiger partial charge in [0.2, 0.25) is 0 Å². The van der Waals surface area contributed by atoms with Gasteiger partial charge in [0.25, 0.3) is 0 Å². The predicted octanol–water partition coefficient (Wildman–Crippen LogP) is 4.18. The van der Waals surface area contributed by atoms with Gasteiger partial charge < -0.3 is 0 Å². The molecule has 0 unspecified atom stereocenters. The highest BCUT2D eigenvalue weighted by Gasteiger charge is 2.08. The van der Waals surface area contributed by atoms with Crippen molar-refractivity contribution in [3.8, 4) is 11.3 Å². The van der Waals surface area contributed by atoms with Gasteiger partial charge in [0.05, 0.1) is 24.5 Å². The SMILES string of the molecule is Clc1ccc(Cl)c(Cn2cc(-c3ccc4[nH]ncc4c3)nn2)c1. The van der Waals surface area contributed by atoms with Crippen LogP contribution < -0.4 is 0 Å². The molecule has 2 heterocycles. The molecule has 0 fully saturated rings. The summed E-state index contributed by atoms with van der Waals surface area (Å²) in [6.45, 7) is 0.514. The van der Waals surface area contributed by atoms with E-state index in [1.165, 1.54) is 0 Å². The van der Waals surface area contributed by atoms with Crippen molar-refractivity contribution < 1.29 is 0 Å². The lowest BCUT2D eigenvalue weighted by molar-refractivity contribution is 0.650. The number of fused-ring (bicyclic) bond motifs is 1. The Morgan fingerprint density at radius 2 is 2.00 bits per heavy atom. The number of aromatic amines is 1. The van der Waals surface area contributed by atoms with E-state index in [9.17, 15) is 0 Å². The number of aromatic nitrogens is 5. The normalized spacial score (nSPS) is 11.2. The van der Waals surface area contributed by atoms with Crippen molar-refractivity contribution in [3.63, 3.8) is 0 Å². The van der Waals surface area contributed by atoms with Crippen LogP contribution in [0.25, 0.3) is 22.2 Å². The smallest absolute Gasteiger partial charge is 0.113 e. The van der Waals surface area contributed by atoms with Crippen LogP contribution in [-0.2, 0) is 6.54 Å². The molecule has 0 amide bonds. The summed E-state index contributed by atoms with van der Waals surface area (Å²) in [4.78, 5) is 0. The van der Waals surface area contributed by atoms with Crippen molar-refractivity contribution in [1.82, 2.24) is 25.2 Å². The standard InChI is InChI=1S/C16H11Cl2N5/c17-13-2-3-14(18)12(6-13)8-23-9-16(21-22-23)10-1-4-15-11(5-10)7-19-20-15/h1-7,9H,8H2,(H,19,20). The minimum Gasteiger partial charge on any atom is -0.278 e. The fourth-order valence-electron chi connectivity index (χ4n) is 2.45. The van der Waals surface area contributed by atoms with E-state index in [1.54, 1.807) is 23.0 Å². The van der Waals surface area contributed by atoms with Gasteiger partial charge >= 0.3 is 0 Å². The van der Waals surface area contributed by atoms with Crippen molar-refractivity contribution >= 4 is 34.1 Å². The molecule has 2 aromatic heterocycles. The molecule has 1 N–H and O–H groups in total. The molecule has 4 rings (SSSR count). The van der Waals surface area contributed by atoms with Crippen molar-refractivity contribution in [2.45, 2.75) is 6.54 Å². The van der Waals surface area contributed by atoms with E-state index >= 15 is 0 Å². The Morgan fingerprint density at radius 1 is 1.09 bits per heavy atom. The van der Waals surface area contributed by atoms with Gasteiger partial charge in [-0.2, -0.15) is 5.10 Å². The number of hydrogen-bond acceptors (Lipinski definition) is 3. The molecule has 0 aliphatic rings. The average Bonchev–Trinajstić information content (AvgIpc) is 3.19. The largest absolute Gasteiger partial charge is 0.278 e. The Bertz CT molecular complexity index is 989. The van der Waals surface area contributed by atoms with Crippen LogP contribution in [0.15, 0.2) is 48.8 Å². The van der Waals surface area contributed by atoms with E-state index in [1.807, 2.05) is 30.5 Å². The summed E-state index contributed by atoms with van der Waals surface area (Å²) in [6.07, 6.45) is 3.67. The zero-order valence-electron chi connectivity index (χ0n) is 11.9. The Morgan fingerprint density at radius 3 is 2.91 bits per heavy atom. The molecule has 114 valence electrons. The number of halogens is 2. The summed E-state index contributed by atoms with van der Waals surface area (Å²) in [7, 11) is 0. The molecule has 7 heteroatoms. The predicted molar refractivity (Wildman–Crippen MR) is 90.7 cm³/mol. The van der Waals surface area contributed by atoms with E-state index < -0.39 is 0 Å². The maximum atomic E-state index is 6.19. The van der Waals surface area contributed by atoms with Crippen LogP contribution in [0.1, 0.15) is 5.56 Å². The van der Waals surface area contributed by atoms with Gasteiger partial charge in [-0.3, -0.25) is 5.10 Å². The summed E-state index contributed by atoms with van der Waals surface area (Å²) in [5.74, 6) is 0. The molecular formula is C16H11Cl2N5. The lowest BCUT2D eigenvalue weighted by Gasteiger charge is -2.04. The van der Waals surface area contributed by atoms with Crippen LogP contribution in [0, 0.1) is 0 Å². The molecular weight excluding hydrogens is 333 g/mol. The topological polar surface area (TPSA) is 59.4 Å². The number of rotatable bonds is 3. The molecule has 0 atom stereocenters. The van der Waals surface area contributed by atoms with Gasteiger partial charge in [-0.05, 0) is 35.9 Å². The minimum atomic E-state index is 0.514. The fraction of sp³-hybridized carbons (Fsp3) is 0.0625. The number of H-pyrrole nitrogens is 1. The second kappa shape index (κ2) is 5.68. The van der Waals surface area contributed by atoms with Gasteiger partial charge in [0, 0.05) is 21.0 Å². The molecule has 0 aliphatic heterocycles. The summed E-state index contributed by atoms with van der Waals surface area (Å²) in [5, 5.41) is 17.7. The van der Waals surface area contributed by atoms with Crippen molar-refractivity contribution in [1.29, 1.82) is 0 Å². The highest BCUT2D eigenvalue weighted by Crippen LogP contribution is 2.23. The van der Waals surface area contributed by atoms with Crippen LogP contribution in [0.3, 0.4) is 0 Å². The van der Waals surface area contributed by atoms with E-state index in [0.717, 1.165) is 27.7 Å². The van der Waals surface area contributed by atoms with Gasteiger partial charge in [0.1, 0.15) is 5.69 Å². The Kier molecular flexibility index (Phi) is 3.52. The molecule has 4 aromatic rings. The fourth-order valence-corrected chi connectivity index (χ4v) is 2.82. The third-order valence-corrected chi connectivity index (χ3v) is 4.22. The Balaban J connectivity index is 1.64. The molecule has 5 nitrogen and oxygen atoms in total. The van der Waals surface area contributed by atoms with Crippen molar-refractivity contribution in [3.05, 3.63) is 64.4 Å². The summed E-state index contributed by atoms with van der Waals surface area (Å²) >= 11 is 12.2. The minimum absolute atomic E-state index is 0.514. The van der Waals surface area contributed by atoms with Crippen LogP contribution in [0.4, 0.5) is 0 Å². The summed E-state index contributed by atoms with van der Waals surface area (Å²) in [6, 6.07) is 11.4. The molecule has 0 saturated heterocycles.